The molecule has 0 aliphatic heterocycles. The molecule has 0 fully saturated rings. The lowest BCUT2D eigenvalue weighted by Gasteiger charge is -2.12. The van der Waals surface area contributed by atoms with Crippen molar-refractivity contribution in [1.29, 1.82) is 0 Å². The van der Waals surface area contributed by atoms with Gasteiger partial charge >= 0.3 is 6.18 Å². The van der Waals surface area contributed by atoms with Crippen molar-refractivity contribution in [1.82, 2.24) is 14.8 Å². The van der Waals surface area contributed by atoms with Crippen LogP contribution in [0.5, 0.6) is 5.75 Å². The fraction of sp³-hybridized carbons (Fsp3) is 0.130. The molecule has 4 nitrogen and oxygen atoms in total. The minimum atomic E-state index is -4.38. The normalized spacial score (nSPS) is 11.5. The maximum atomic E-state index is 13.0. The summed E-state index contributed by atoms with van der Waals surface area (Å²) in [6.07, 6.45) is -4.38. The van der Waals surface area contributed by atoms with Gasteiger partial charge in [0.1, 0.15) is 12.4 Å². The number of nitrogens with zero attached hydrogens (tertiary/aromatic N) is 3. The molecule has 32 heavy (non-hydrogen) atoms. The molecule has 3 aromatic carbocycles. The molecule has 164 valence electrons. The number of hydrogen-bond acceptors (Lipinski definition) is 4. The average molecular weight is 476 g/mol. The Hall–Kier alpha value is -2.97. The fourth-order valence-electron chi connectivity index (χ4n) is 2.99. The third-order valence-corrected chi connectivity index (χ3v) is 5.77. The maximum Gasteiger partial charge on any atom is 0.416 e. The number of rotatable bonds is 7. The molecule has 1 aromatic heterocycles. The van der Waals surface area contributed by atoms with Gasteiger partial charge in [-0.1, -0.05) is 59.8 Å². The highest BCUT2D eigenvalue weighted by molar-refractivity contribution is 7.98. The number of para-hydroxylation sites is 1. The second-order valence-electron chi connectivity index (χ2n) is 6.80. The van der Waals surface area contributed by atoms with Crippen molar-refractivity contribution in [3.8, 4) is 11.4 Å². The van der Waals surface area contributed by atoms with Crippen molar-refractivity contribution in [2.45, 2.75) is 23.7 Å². The maximum absolute atomic E-state index is 13.0. The van der Waals surface area contributed by atoms with Crippen LogP contribution in [0.15, 0.2) is 84.0 Å². The molecule has 0 aliphatic rings. The molecule has 0 aliphatic carbocycles. The van der Waals surface area contributed by atoms with Crippen LogP contribution in [0.4, 0.5) is 13.2 Å². The summed E-state index contributed by atoms with van der Waals surface area (Å²) >= 11 is 7.22. The van der Waals surface area contributed by atoms with E-state index >= 15 is 0 Å². The van der Waals surface area contributed by atoms with Gasteiger partial charge in [-0.05, 0) is 48.0 Å². The van der Waals surface area contributed by atoms with Gasteiger partial charge in [-0.2, -0.15) is 13.2 Å². The molecule has 0 N–H and O–H groups in total. The van der Waals surface area contributed by atoms with Gasteiger partial charge in [0.2, 0.25) is 0 Å². The van der Waals surface area contributed by atoms with Crippen LogP contribution >= 0.6 is 23.4 Å². The highest BCUT2D eigenvalue weighted by Crippen LogP contribution is 2.31. The first kappa shape index (κ1) is 22.2. The van der Waals surface area contributed by atoms with Crippen molar-refractivity contribution in [2.75, 3.05) is 0 Å². The molecule has 0 amide bonds. The Morgan fingerprint density at radius 3 is 2.38 bits per heavy atom. The number of aromatic nitrogens is 3. The first-order valence-corrected chi connectivity index (χ1v) is 10.9. The van der Waals surface area contributed by atoms with Crippen LogP contribution < -0.4 is 4.74 Å². The van der Waals surface area contributed by atoms with Gasteiger partial charge in [0.15, 0.2) is 11.0 Å². The Labute approximate surface area is 192 Å². The summed E-state index contributed by atoms with van der Waals surface area (Å²) < 4.78 is 46.7. The minimum Gasteiger partial charge on any atom is -0.486 e. The summed E-state index contributed by atoms with van der Waals surface area (Å²) in [5, 5.41) is 9.68. The second-order valence-corrected chi connectivity index (χ2v) is 8.18. The Morgan fingerprint density at radius 1 is 0.906 bits per heavy atom. The predicted octanol–water partition coefficient (Wildman–Crippen LogP) is 6.81. The molecule has 4 aromatic rings. The summed E-state index contributed by atoms with van der Waals surface area (Å²) in [5.74, 6) is 1.51. The van der Waals surface area contributed by atoms with Gasteiger partial charge in [0, 0.05) is 16.5 Å². The average Bonchev–Trinajstić information content (AvgIpc) is 3.20. The van der Waals surface area contributed by atoms with Crippen LogP contribution in [-0.2, 0) is 18.5 Å². The summed E-state index contributed by atoms with van der Waals surface area (Å²) in [6.45, 7) is 0.160. The summed E-state index contributed by atoms with van der Waals surface area (Å²) in [6, 6.07) is 21.8. The van der Waals surface area contributed by atoms with Gasteiger partial charge in [0.25, 0.3) is 0 Å². The number of alkyl halides is 3. The lowest BCUT2D eigenvalue weighted by molar-refractivity contribution is -0.137. The van der Waals surface area contributed by atoms with E-state index in [-0.39, 0.29) is 6.61 Å². The molecule has 0 bridgehead atoms. The summed E-state index contributed by atoms with van der Waals surface area (Å²) in [5.41, 5.74) is 0.710. The lowest BCUT2D eigenvalue weighted by atomic mass is 10.1. The molecular weight excluding hydrogens is 459 g/mol. The standard InChI is InChI=1S/C23H17ClF3N3OS/c24-18-9-11-20(12-10-18)31-14-21-28-29-22(30(21)19-7-2-1-3-8-19)32-15-16-5-4-6-17(13-16)23(25,26)27/h1-13H,14-15H2. The van der Waals surface area contributed by atoms with E-state index in [1.54, 1.807) is 30.3 Å². The molecule has 0 radical (unpaired) electrons. The summed E-state index contributed by atoms with van der Waals surface area (Å²) in [4.78, 5) is 0. The zero-order valence-corrected chi connectivity index (χ0v) is 18.2. The third-order valence-electron chi connectivity index (χ3n) is 4.52. The van der Waals surface area contributed by atoms with E-state index in [0.29, 0.717) is 33.1 Å². The molecule has 0 spiro atoms. The number of benzene rings is 3. The van der Waals surface area contributed by atoms with Crippen LogP contribution in [0.25, 0.3) is 5.69 Å². The minimum absolute atomic E-state index is 0.160. The van der Waals surface area contributed by atoms with Crippen molar-refractivity contribution in [3.63, 3.8) is 0 Å². The first-order chi connectivity index (χ1) is 15.4. The van der Waals surface area contributed by atoms with Crippen LogP contribution in [0.3, 0.4) is 0 Å². The highest BCUT2D eigenvalue weighted by atomic mass is 35.5. The van der Waals surface area contributed by atoms with E-state index in [0.717, 1.165) is 17.8 Å². The van der Waals surface area contributed by atoms with E-state index in [4.69, 9.17) is 16.3 Å². The second kappa shape index (κ2) is 9.67. The van der Waals surface area contributed by atoms with Crippen molar-refractivity contribution in [3.05, 3.63) is 101 Å². The molecule has 4 rings (SSSR count). The molecule has 1 heterocycles. The van der Waals surface area contributed by atoms with Gasteiger partial charge in [0.05, 0.1) is 5.56 Å². The Bertz CT molecular complexity index is 1180. The van der Waals surface area contributed by atoms with Crippen molar-refractivity contribution < 1.29 is 17.9 Å². The van der Waals surface area contributed by atoms with Crippen LogP contribution in [0, 0.1) is 0 Å². The molecular formula is C23H17ClF3N3OS. The predicted molar refractivity (Wildman–Crippen MR) is 118 cm³/mol. The van der Waals surface area contributed by atoms with E-state index in [9.17, 15) is 13.2 Å². The Morgan fingerprint density at radius 2 is 1.66 bits per heavy atom. The fourth-order valence-corrected chi connectivity index (χ4v) is 4.03. The monoisotopic (exact) mass is 475 g/mol. The smallest absolute Gasteiger partial charge is 0.416 e. The number of hydrogen-bond donors (Lipinski definition) is 0. The van der Waals surface area contributed by atoms with E-state index in [1.165, 1.54) is 17.8 Å². The summed E-state index contributed by atoms with van der Waals surface area (Å²) in [7, 11) is 0. The van der Waals surface area contributed by atoms with Crippen LogP contribution in [0.1, 0.15) is 17.0 Å². The highest BCUT2D eigenvalue weighted by Gasteiger charge is 2.30. The van der Waals surface area contributed by atoms with E-state index < -0.39 is 11.7 Å². The number of ether oxygens (including phenoxy) is 1. The van der Waals surface area contributed by atoms with Crippen LogP contribution in [0.2, 0.25) is 5.02 Å². The SMILES string of the molecule is FC(F)(F)c1cccc(CSc2nnc(COc3ccc(Cl)cc3)n2-c2ccccc2)c1. The molecule has 0 unspecified atom stereocenters. The van der Waals surface area contributed by atoms with Gasteiger partial charge in [-0.15, -0.1) is 10.2 Å². The largest absolute Gasteiger partial charge is 0.486 e. The lowest BCUT2D eigenvalue weighted by Crippen LogP contribution is -2.07. The first-order valence-electron chi connectivity index (χ1n) is 9.57. The van der Waals surface area contributed by atoms with Gasteiger partial charge in [-0.25, -0.2) is 0 Å². The van der Waals surface area contributed by atoms with Crippen molar-refractivity contribution >= 4 is 23.4 Å². The molecule has 0 saturated heterocycles. The third kappa shape index (κ3) is 5.44. The van der Waals surface area contributed by atoms with Crippen molar-refractivity contribution in [2.24, 2.45) is 0 Å². The molecule has 0 saturated carbocycles. The number of thioether (sulfide) groups is 1. The van der Waals surface area contributed by atoms with E-state index in [2.05, 4.69) is 10.2 Å². The molecule has 9 heteroatoms. The quantitative estimate of drug-likeness (QED) is 0.275. The Kier molecular flexibility index (Phi) is 6.72. The van der Waals surface area contributed by atoms with Gasteiger partial charge in [-0.3, -0.25) is 4.57 Å². The topological polar surface area (TPSA) is 39.9 Å². The van der Waals surface area contributed by atoms with Gasteiger partial charge < -0.3 is 4.74 Å². The zero-order valence-electron chi connectivity index (χ0n) is 16.6. The van der Waals surface area contributed by atoms with E-state index in [1.807, 2.05) is 34.9 Å². The molecule has 0 atom stereocenters. The van der Waals surface area contributed by atoms with Crippen LogP contribution in [-0.4, -0.2) is 14.8 Å². The number of halogens is 4. The Balaban J connectivity index is 1.56. The zero-order chi connectivity index (χ0) is 22.6.